The van der Waals surface area contributed by atoms with Crippen LogP contribution < -0.4 is 0 Å². The minimum Gasteiger partial charge on any atom is -0.456 e. The number of nitrogens with zero attached hydrogens (tertiary/aromatic N) is 3. The van der Waals surface area contributed by atoms with E-state index in [1.54, 1.807) is 0 Å². The molecule has 9 rings (SSSR count). The number of aromatic nitrogens is 3. The van der Waals surface area contributed by atoms with E-state index in [9.17, 15) is 0 Å². The third-order valence-electron chi connectivity index (χ3n) is 8.17. The molecule has 6 aromatic carbocycles. The van der Waals surface area contributed by atoms with E-state index in [4.69, 9.17) is 23.8 Å². The van der Waals surface area contributed by atoms with Crippen molar-refractivity contribution in [3.8, 4) is 45.3 Å². The van der Waals surface area contributed by atoms with Gasteiger partial charge >= 0.3 is 0 Å². The highest BCUT2D eigenvalue weighted by atomic mass is 16.3. The molecule has 9 aromatic rings. The second-order valence-electron chi connectivity index (χ2n) is 10.8. The minimum absolute atomic E-state index is 0.556. The van der Waals surface area contributed by atoms with Gasteiger partial charge in [-0.2, -0.15) is 0 Å². The van der Waals surface area contributed by atoms with Crippen LogP contribution in [0.2, 0.25) is 0 Å². The van der Waals surface area contributed by atoms with Crippen molar-refractivity contribution >= 4 is 43.9 Å². The van der Waals surface area contributed by atoms with E-state index >= 15 is 0 Å². The van der Waals surface area contributed by atoms with Gasteiger partial charge in [0.1, 0.15) is 22.3 Å². The summed E-state index contributed by atoms with van der Waals surface area (Å²) in [5.74, 6) is 1.74. The molecule has 0 saturated carbocycles. The predicted molar refractivity (Wildman–Crippen MR) is 176 cm³/mol. The highest BCUT2D eigenvalue weighted by Gasteiger charge is 2.20. The average molecular weight is 566 g/mol. The number of furan rings is 2. The fraction of sp³-hybridized carbons (Fsp3) is 0. The largest absolute Gasteiger partial charge is 0.456 e. The van der Waals surface area contributed by atoms with Crippen LogP contribution in [0, 0.1) is 0 Å². The molecule has 3 heterocycles. The monoisotopic (exact) mass is 565 g/mol. The number of para-hydroxylation sites is 3. The number of fused-ring (bicyclic) bond motifs is 6. The number of hydrogen-bond donors (Lipinski definition) is 0. The van der Waals surface area contributed by atoms with Gasteiger partial charge in [-0.05, 0) is 35.4 Å². The van der Waals surface area contributed by atoms with Crippen LogP contribution in [0.15, 0.2) is 148 Å². The van der Waals surface area contributed by atoms with Crippen LogP contribution in [0.4, 0.5) is 0 Å². The van der Waals surface area contributed by atoms with Crippen molar-refractivity contribution in [1.82, 2.24) is 15.0 Å². The Hall–Kier alpha value is -6.07. The second kappa shape index (κ2) is 9.75. The van der Waals surface area contributed by atoms with Gasteiger partial charge in [-0.25, -0.2) is 15.0 Å². The van der Waals surface area contributed by atoms with E-state index in [0.717, 1.165) is 71.7 Å². The third-order valence-corrected chi connectivity index (χ3v) is 8.17. The quantitative estimate of drug-likeness (QED) is 0.212. The summed E-state index contributed by atoms with van der Waals surface area (Å²) in [6.45, 7) is 0. The van der Waals surface area contributed by atoms with Gasteiger partial charge in [0, 0.05) is 32.7 Å². The van der Waals surface area contributed by atoms with Crippen LogP contribution in [0.1, 0.15) is 0 Å². The molecule has 5 heteroatoms. The van der Waals surface area contributed by atoms with Gasteiger partial charge in [0.2, 0.25) is 0 Å². The smallest absolute Gasteiger partial charge is 0.167 e. The molecule has 44 heavy (non-hydrogen) atoms. The zero-order chi connectivity index (χ0) is 29.0. The molecule has 5 nitrogen and oxygen atoms in total. The Labute approximate surface area is 252 Å². The molecular weight excluding hydrogens is 542 g/mol. The lowest BCUT2D eigenvalue weighted by Crippen LogP contribution is -2.01. The maximum Gasteiger partial charge on any atom is 0.167 e. The zero-order valence-electron chi connectivity index (χ0n) is 23.4. The van der Waals surface area contributed by atoms with Gasteiger partial charge in [-0.15, -0.1) is 0 Å². The van der Waals surface area contributed by atoms with E-state index in [1.807, 2.05) is 97.1 Å². The molecule has 0 amide bonds. The Bertz CT molecular complexity index is 2510. The third kappa shape index (κ3) is 3.83. The Balaban J connectivity index is 1.32. The van der Waals surface area contributed by atoms with Crippen LogP contribution in [0.5, 0.6) is 0 Å². The van der Waals surface area contributed by atoms with Gasteiger partial charge in [0.15, 0.2) is 17.5 Å². The van der Waals surface area contributed by atoms with Crippen molar-refractivity contribution in [3.63, 3.8) is 0 Å². The summed E-state index contributed by atoms with van der Waals surface area (Å²) in [5.41, 5.74) is 8.01. The predicted octanol–water partition coefficient (Wildman–Crippen LogP) is 10.3. The number of benzene rings is 6. The maximum absolute atomic E-state index is 6.39. The van der Waals surface area contributed by atoms with Crippen molar-refractivity contribution in [2.75, 3.05) is 0 Å². The van der Waals surface area contributed by atoms with Gasteiger partial charge in [-0.1, -0.05) is 115 Å². The van der Waals surface area contributed by atoms with Gasteiger partial charge in [0.05, 0.1) is 5.56 Å². The zero-order valence-corrected chi connectivity index (χ0v) is 23.4. The molecule has 0 atom stereocenters. The summed E-state index contributed by atoms with van der Waals surface area (Å²) in [6, 6.07) is 46.9. The lowest BCUT2D eigenvalue weighted by atomic mass is 9.95. The summed E-state index contributed by atoms with van der Waals surface area (Å²) < 4.78 is 12.6. The molecule has 206 valence electrons. The standard InChI is InChI=1S/C39H23N3O2/c1-2-12-24(13-3-1)37-40-38(42-39(41-37)31-20-10-19-28-26-15-6-8-21-32(26)44-36(28)31)29-16-5-4-14-25(29)27-18-11-23-34-35(27)30-17-7-9-22-33(30)43-34/h1-23H. The molecule has 0 fully saturated rings. The molecule has 0 aliphatic carbocycles. The normalized spacial score (nSPS) is 11.6. The molecule has 0 bridgehead atoms. The van der Waals surface area contributed by atoms with Crippen LogP contribution in [0.25, 0.3) is 89.2 Å². The Kier molecular flexibility index (Phi) is 5.43. The van der Waals surface area contributed by atoms with Gasteiger partial charge in [0.25, 0.3) is 0 Å². The van der Waals surface area contributed by atoms with Crippen LogP contribution in [-0.2, 0) is 0 Å². The van der Waals surface area contributed by atoms with Gasteiger partial charge in [-0.3, -0.25) is 0 Å². The summed E-state index contributed by atoms with van der Waals surface area (Å²) in [6.07, 6.45) is 0. The van der Waals surface area contributed by atoms with Gasteiger partial charge < -0.3 is 8.83 Å². The lowest BCUT2D eigenvalue weighted by molar-refractivity contribution is 0.669. The first-order valence-electron chi connectivity index (χ1n) is 14.5. The highest BCUT2D eigenvalue weighted by Crippen LogP contribution is 2.41. The Morgan fingerprint density at radius 1 is 0.341 bits per heavy atom. The molecule has 0 saturated heterocycles. The van der Waals surface area contributed by atoms with E-state index in [2.05, 4.69) is 42.5 Å². The van der Waals surface area contributed by atoms with Crippen molar-refractivity contribution in [3.05, 3.63) is 140 Å². The van der Waals surface area contributed by atoms with Crippen LogP contribution in [-0.4, -0.2) is 15.0 Å². The number of rotatable bonds is 4. The van der Waals surface area contributed by atoms with Crippen molar-refractivity contribution in [1.29, 1.82) is 0 Å². The summed E-state index contributed by atoms with van der Waals surface area (Å²) in [7, 11) is 0. The fourth-order valence-corrected chi connectivity index (χ4v) is 6.17. The molecule has 0 radical (unpaired) electrons. The molecule has 0 spiro atoms. The van der Waals surface area contributed by atoms with E-state index < -0.39 is 0 Å². The molecule has 0 aliphatic rings. The number of hydrogen-bond acceptors (Lipinski definition) is 5. The molecular formula is C39H23N3O2. The van der Waals surface area contributed by atoms with Crippen molar-refractivity contribution in [2.45, 2.75) is 0 Å². The van der Waals surface area contributed by atoms with E-state index in [0.29, 0.717) is 17.5 Å². The highest BCUT2D eigenvalue weighted by molar-refractivity contribution is 6.13. The van der Waals surface area contributed by atoms with Crippen LogP contribution >= 0.6 is 0 Å². The first-order chi connectivity index (χ1) is 21.8. The average Bonchev–Trinajstić information content (AvgIpc) is 3.67. The van der Waals surface area contributed by atoms with E-state index in [1.165, 1.54) is 0 Å². The fourth-order valence-electron chi connectivity index (χ4n) is 6.17. The summed E-state index contributed by atoms with van der Waals surface area (Å²) in [5, 5.41) is 4.24. The second-order valence-corrected chi connectivity index (χ2v) is 10.8. The first-order valence-corrected chi connectivity index (χ1v) is 14.5. The minimum atomic E-state index is 0.556. The van der Waals surface area contributed by atoms with Crippen LogP contribution in [0.3, 0.4) is 0 Å². The Morgan fingerprint density at radius 3 is 1.73 bits per heavy atom. The SMILES string of the molecule is c1ccc(-c2nc(-c3ccccc3-c3cccc4oc5ccccc5c34)nc(-c3cccc4c3oc3ccccc34)n2)cc1. The first kappa shape index (κ1) is 24.5. The molecule has 0 unspecified atom stereocenters. The molecule has 0 N–H and O–H groups in total. The van der Waals surface area contributed by atoms with Crippen molar-refractivity contribution in [2.24, 2.45) is 0 Å². The maximum atomic E-state index is 6.39. The molecule has 0 aliphatic heterocycles. The molecule has 3 aromatic heterocycles. The summed E-state index contributed by atoms with van der Waals surface area (Å²) >= 11 is 0. The summed E-state index contributed by atoms with van der Waals surface area (Å²) in [4.78, 5) is 15.2. The Morgan fingerprint density at radius 2 is 0.886 bits per heavy atom. The lowest BCUT2D eigenvalue weighted by Gasteiger charge is -2.13. The van der Waals surface area contributed by atoms with Crippen molar-refractivity contribution < 1.29 is 8.83 Å². The topological polar surface area (TPSA) is 65.0 Å². The van der Waals surface area contributed by atoms with E-state index in [-0.39, 0.29) is 0 Å².